The monoisotopic (exact) mass is 709 g/mol. The summed E-state index contributed by atoms with van der Waals surface area (Å²) in [5.74, 6) is 1.69. The van der Waals surface area contributed by atoms with Crippen LogP contribution in [0.4, 0.5) is 4.79 Å². The van der Waals surface area contributed by atoms with Crippen LogP contribution in [0.5, 0.6) is 0 Å². The number of benzene rings is 2. The van der Waals surface area contributed by atoms with Crippen LogP contribution >= 0.6 is 0 Å². The summed E-state index contributed by atoms with van der Waals surface area (Å²) in [4.78, 5) is 56.7. The van der Waals surface area contributed by atoms with E-state index in [-0.39, 0.29) is 23.8 Å². The van der Waals surface area contributed by atoms with Gasteiger partial charge in [0.15, 0.2) is 0 Å². The number of imidazole rings is 2. The zero-order valence-electron chi connectivity index (χ0n) is 30.6. The van der Waals surface area contributed by atoms with Crippen molar-refractivity contribution in [3.05, 3.63) is 72.6 Å². The van der Waals surface area contributed by atoms with Crippen molar-refractivity contribution < 1.29 is 23.9 Å². The predicted molar refractivity (Wildman–Crippen MR) is 199 cm³/mol. The smallest absolute Gasteiger partial charge is 0.407 e. The minimum Gasteiger partial charge on any atom is -0.453 e. The molecule has 0 saturated carbocycles. The maximum Gasteiger partial charge on any atom is 0.407 e. The Labute approximate surface area is 305 Å². The van der Waals surface area contributed by atoms with Gasteiger partial charge in [0.25, 0.3) is 0 Å². The van der Waals surface area contributed by atoms with Gasteiger partial charge in [0.05, 0.1) is 30.6 Å². The van der Waals surface area contributed by atoms with E-state index in [2.05, 4.69) is 70.8 Å². The van der Waals surface area contributed by atoms with Gasteiger partial charge in [0.2, 0.25) is 11.8 Å². The summed E-state index contributed by atoms with van der Waals surface area (Å²) in [5.41, 5.74) is 5.72. The number of hydrogen-bond acceptors (Lipinski definition) is 7. The van der Waals surface area contributed by atoms with Gasteiger partial charge in [-0.3, -0.25) is 9.59 Å². The van der Waals surface area contributed by atoms with Gasteiger partial charge in [0.1, 0.15) is 17.7 Å². The molecule has 52 heavy (non-hydrogen) atoms. The molecule has 4 atom stereocenters. The van der Waals surface area contributed by atoms with E-state index < -0.39 is 18.2 Å². The van der Waals surface area contributed by atoms with Crippen molar-refractivity contribution >= 4 is 17.9 Å². The number of nitrogens with zero attached hydrogens (tertiary/aromatic N) is 3. The summed E-state index contributed by atoms with van der Waals surface area (Å²) in [6, 6.07) is 15.4. The van der Waals surface area contributed by atoms with E-state index in [4.69, 9.17) is 19.4 Å². The molecule has 2 aromatic carbocycles. The first-order valence-electron chi connectivity index (χ1n) is 18.6. The van der Waals surface area contributed by atoms with E-state index in [9.17, 15) is 14.4 Å². The van der Waals surface area contributed by atoms with Crippen LogP contribution in [-0.4, -0.2) is 75.7 Å². The molecule has 0 spiro atoms. The molecule has 2 aliphatic rings. The van der Waals surface area contributed by atoms with Crippen molar-refractivity contribution in [2.45, 2.75) is 83.8 Å². The number of nitrogens with one attached hydrogen (secondary N) is 4. The SMILES string of the molecule is COC(=O)N[C@@H]1CCCCCOCC[C@@H](c2nc(-c3ccc(-c4ccc(-c5c[nH]c([C@@H]6CCCN6C(=O)[C@@H](C)C(C)C)n5)cc4)cc3)c[nH]2)NC1=O. The average Bonchev–Trinajstić information content (AvgIpc) is 3.95. The Kier molecular flexibility index (Phi) is 12.1. The maximum atomic E-state index is 13.3. The number of likely N-dealkylation sites (tertiary alicyclic amines) is 1. The predicted octanol–water partition coefficient (Wildman–Crippen LogP) is 6.95. The first-order chi connectivity index (χ1) is 25.2. The van der Waals surface area contributed by atoms with Crippen LogP contribution in [0.15, 0.2) is 60.9 Å². The van der Waals surface area contributed by atoms with Crippen LogP contribution in [0.3, 0.4) is 0 Å². The fraction of sp³-hybridized carbons (Fsp3) is 0.475. The Balaban J connectivity index is 1.11. The molecule has 4 heterocycles. The summed E-state index contributed by atoms with van der Waals surface area (Å²) in [6.07, 6.45) is 8.69. The molecule has 0 bridgehead atoms. The molecule has 4 aromatic rings. The molecular formula is C40H51N7O5. The second-order valence-corrected chi connectivity index (χ2v) is 14.2. The van der Waals surface area contributed by atoms with E-state index in [1.807, 2.05) is 36.4 Å². The lowest BCUT2D eigenvalue weighted by atomic mass is 9.96. The Bertz CT molecular complexity index is 1800. The maximum absolute atomic E-state index is 13.3. The molecule has 2 fully saturated rings. The quantitative estimate of drug-likeness (QED) is 0.154. The van der Waals surface area contributed by atoms with Crippen molar-refractivity contribution in [2.24, 2.45) is 11.8 Å². The summed E-state index contributed by atoms with van der Waals surface area (Å²) in [5, 5.41) is 5.74. The summed E-state index contributed by atoms with van der Waals surface area (Å²) in [7, 11) is 1.29. The molecule has 2 aliphatic heterocycles. The molecule has 12 nitrogen and oxygen atoms in total. The highest BCUT2D eigenvalue weighted by molar-refractivity contribution is 5.86. The number of aromatic nitrogens is 4. The first-order valence-corrected chi connectivity index (χ1v) is 18.6. The number of H-pyrrole nitrogens is 2. The number of aromatic amines is 2. The molecule has 0 unspecified atom stereocenters. The van der Waals surface area contributed by atoms with Gasteiger partial charge in [-0.05, 0) is 49.1 Å². The number of methoxy groups -OCH3 is 1. The van der Waals surface area contributed by atoms with Gasteiger partial charge >= 0.3 is 6.09 Å². The molecular weight excluding hydrogens is 658 g/mol. The third-order valence-electron chi connectivity index (χ3n) is 10.4. The summed E-state index contributed by atoms with van der Waals surface area (Å²) < 4.78 is 10.6. The summed E-state index contributed by atoms with van der Waals surface area (Å²) in [6.45, 7) is 8.11. The van der Waals surface area contributed by atoms with E-state index in [0.29, 0.717) is 37.8 Å². The standard InChI is InChI=1S/C40H51N7O5/c1-25(2)26(3)39(49)47-20-8-10-35(47)37-42-24-34(44-37)30-17-13-28(14-18-30)27-11-15-29(16-12-27)33-23-41-36(43-33)31-19-22-52-21-7-5-6-9-32(38(48)45-31)46-40(50)51-4/h11-18,23-26,31-32,35H,5-10,19-22H2,1-4H3,(H,41,43)(H,42,44)(H,45,48)(H,46,50)/t26-,31-,32+,35-/m0/s1. The molecule has 12 heteroatoms. The van der Waals surface area contributed by atoms with Gasteiger partial charge in [-0.2, -0.15) is 0 Å². The van der Waals surface area contributed by atoms with Gasteiger partial charge in [-0.25, -0.2) is 14.8 Å². The Morgan fingerprint density at radius 2 is 1.42 bits per heavy atom. The van der Waals surface area contributed by atoms with Gasteiger partial charge in [-0.15, -0.1) is 0 Å². The van der Waals surface area contributed by atoms with E-state index in [0.717, 1.165) is 78.1 Å². The van der Waals surface area contributed by atoms with Crippen LogP contribution in [0, 0.1) is 11.8 Å². The Morgan fingerprint density at radius 3 is 2.06 bits per heavy atom. The van der Waals surface area contributed by atoms with Crippen molar-refractivity contribution in [3.8, 4) is 33.6 Å². The number of amides is 3. The number of carbonyl (C=O) groups excluding carboxylic acids is 3. The second-order valence-electron chi connectivity index (χ2n) is 14.2. The molecule has 0 radical (unpaired) electrons. The fourth-order valence-corrected chi connectivity index (χ4v) is 6.90. The number of ether oxygens (including phenoxy) is 2. The lowest BCUT2D eigenvalue weighted by Crippen LogP contribution is -2.48. The Hall–Kier alpha value is -4.97. The van der Waals surface area contributed by atoms with Crippen molar-refractivity contribution in [1.82, 2.24) is 35.5 Å². The first kappa shape index (κ1) is 36.8. The molecule has 0 aliphatic carbocycles. The minimum atomic E-state index is -0.693. The van der Waals surface area contributed by atoms with Crippen molar-refractivity contribution in [3.63, 3.8) is 0 Å². The van der Waals surface area contributed by atoms with E-state index >= 15 is 0 Å². The van der Waals surface area contributed by atoms with E-state index in [1.165, 1.54) is 7.11 Å². The van der Waals surface area contributed by atoms with Crippen LogP contribution in [0.1, 0.15) is 89.4 Å². The van der Waals surface area contributed by atoms with Gasteiger partial charge in [-0.1, -0.05) is 82.1 Å². The van der Waals surface area contributed by atoms with Crippen LogP contribution in [0.25, 0.3) is 33.6 Å². The molecule has 2 saturated heterocycles. The highest BCUT2D eigenvalue weighted by atomic mass is 16.5. The van der Waals surface area contributed by atoms with E-state index in [1.54, 1.807) is 0 Å². The van der Waals surface area contributed by atoms with Crippen molar-refractivity contribution in [2.75, 3.05) is 26.9 Å². The number of rotatable bonds is 8. The number of hydrogen-bond donors (Lipinski definition) is 4. The Morgan fingerprint density at radius 1 is 0.808 bits per heavy atom. The number of alkyl carbamates (subject to hydrolysis) is 1. The van der Waals surface area contributed by atoms with Crippen molar-refractivity contribution in [1.29, 1.82) is 0 Å². The molecule has 4 N–H and O–H groups in total. The lowest BCUT2D eigenvalue weighted by Gasteiger charge is -2.27. The highest BCUT2D eigenvalue weighted by Gasteiger charge is 2.35. The fourth-order valence-electron chi connectivity index (χ4n) is 6.90. The number of carbonyl (C=O) groups is 3. The largest absolute Gasteiger partial charge is 0.453 e. The molecule has 6 rings (SSSR count). The topological polar surface area (TPSA) is 154 Å². The minimum absolute atomic E-state index is 0.0126. The summed E-state index contributed by atoms with van der Waals surface area (Å²) >= 11 is 0. The molecule has 276 valence electrons. The second kappa shape index (κ2) is 17.0. The normalized spacial score (nSPS) is 20.8. The van der Waals surface area contributed by atoms with Gasteiger partial charge in [0, 0.05) is 49.2 Å². The lowest BCUT2D eigenvalue weighted by molar-refractivity contribution is -0.137. The zero-order valence-corrected chi connectivity index (χ0v) is 30.6. The zero-order chi connectivity index (χ0) is 36.6. The molecule has 2 aromatic heterocycles. The van der Waals surface area contributed by atoms with Crippen LogP contribution in [-0.2, 0) is 19.1 Å². The third-order valence-corrected chi connectivity index (χ3v) is 10.4. The van der Waals surface area contributed by atoms with Gasteiger partial charge < -0.3 is 35.0 Å². The average molecular weight is 710 g/mol. The highest BCUT2D eigenvalue weighted by Crippen LogP contribution is 2.34. The molecule has 3 amide bonds. The van der Waals surface area contributed by atoms with Crippen LogP contribution < -0.4 is 10.6 Å². The third kappa shape index (κ3) is 8.72. The van der Waals surface area contributed by atoms with Crippen LogP contribution in [0.2, 0.25) is 0 Å².